The zero-order valence-corrected chi connectivity index (χ0v) is 14.9. The summed E-state index contributed by atoms with van der Waals surface area (Å²) in [6.45, 7) is 8.18. The molecule has 114 valence electrons. The van der Waals surface area contributed by atoms with Gasteiger partial charge >= 0.3 is 0 Å². The minimum Gasteiger partial charge on any atom is -0.312 e. The van der Waals surface area contributed by atoms with Gasteiger partial charge < -0.3 is 5.32 Å². The molecule has 0 aliphatic rings. The summed E-state index contributed by atoms with van der Waals surface area (Å²) in [6.07, 6.45) is 1.10. The molecule has 5 heteroatoms. The molecule has 1 aromatic carbocycles. The standard InChI is InChI=1S/C16H20BrFN2S/c1-4-7-19-9-14-15(10(2)3)20-16(21-14)12-6-5-11(17)8-13(12)18/h5-6,8,10,19H,4,7,9H2,1-3H3. The number of thiazole rings is 1. The number of nitrogens with one attached hydrogen (secondary N) is 1. The van der Waals surface area contributed by atoms with E-state index in [1.54, 1.807) is 17.4 Å². The number of hydrogen-bond acceptors (Lipinski definition) is 3. The predicted octanol–water partition coefficient (Wildman–Crippen LogP) is 5.33. The van der Waals surface area contributed by atoms with Crippen molar-refractivity contribution < 1.29 is 4.39 Å². The Bertz CT molecular complexity index is 610. The Hall–Kier alpha value is -0.780. The predicted molar refractivity (Wildman–Crippen MR) is 91.3 cm³/mol. The van der Waals surface area contributed by atoms with Crippen molar-refractivity contribution in [2.45, 2.75) is 39.7 Å². The second kappa shape index (κ2) is 7.47. The summed E-state index contributed by atoms with van der Waals surface area (Å²) in [5.74, 6) is 0.105. The fraction of sp³-hybridized carbons (Fsp3) is 0.438. The lowest BCUT2D eigenvalue weighted by molar-refractivity contribution is 0.630. The Morgan fingerprint density at radius 1 is 1.38 bits per heavy atom. The van der Waals surface area contributed by atoms with E-state index in [4.69, 9.17) is 0 Å². The minimum absolute atomic E-state index is 0.235. The Labute approximate surface area is 137 Å². The first-order valence-corrected chi connectivity index (χ1v) is 8.79. The van der Waals surface area contributed by atoms with E-state index in [1.807, 2.05) is 6.07 Å². The van der Waals surface area contributed by atoms with E-state index in [1.165, 1.54) is 10.9 Å². The average molecular weight is 371 g/mol. The summed E-state index contributed by atoms with van der Waals surface area (Å²) in [6, 6.07) is 5.12. The van der Waals surface area contributed by atoms with Gasteiger partial charge in [0.05, 0.1) is 5.69 Å². The van der Waals surface area contributed by atoms with Crippen LogP contribution in [0, 0.1) is 5.82 Å². The van der Waals surface area contributed by atoms with Crippen LogP contribution in [0.1, 0.15) is 43.7 Å². The number of nitrogens with zero attached hydrogens (tertiary/aromatic N) is 1. The molecule has 0 unspecified atom stereocenters. The zero-order chi connectivity index (χ0) is 15.4. The highest BCUT2D eigenvalue weighted by atomic mass is 79.9. The summed E-state index contributed by atoms with van der Waals surface area (Å²) in [7, 11) is 0. The van der Waals surface area contributed by atoms with Crippen LogP contribution in [0.15, 0.2) is 22.7 Å². The van der Waals surface area contributed by atoms with Gasteiger partial charge in [-0.15, -0.1) is 11.3 Å². The van der Waals surface area contributed by atoms with Crippen LogP contribution < -0.4 is 5.32 Å². The molecule has 2 nitrogen and oxygen atoms in total. The molecule has 0 bridgehead atoms. The van der Waals surface area contributed by atoms with Gasteiger partial charge in [-0.1, -0.05) is 36.7 Å². The number of benzene rings is 1. The van der Waals surface area contributed by atoms with Crippen molar-refractivity contribution in [3.63, 3.8) is 0 Å². The highest BCUT2D eigenvalue weighted by molar-refractivity contribution is 9.10. The monoisotopic (exact) mass is 370 g/mol. The van der Waals surface area contributed by atoms with E-state index < -0.39 is 0 Å². The topological polar surface area (TPSA) is 24.9 Å². The van der Waals surface area contributed by atoms with Gasteiger partial charge in [-0.3, -0.25) is 0 Å². The number of halogens is 2. The molecule has 0 spiro atoms. The van der Waals surface area contributed by atoms with E-state index >= 15 is 0 Å². The Balaban J connectivity index is 2.34. The van der Waals surface area contributed by atoms with Crippen LogP contribution in [-0.2, 0) is 6.54 Å². The van der Waals surface area contributed by atoms with E-state index in [2.05, 4.69) is 47.0 Å². The first-order valence-electron chi connectivity index (χ1n) is 7.18. The third kappa shape index (κ3) is 4.11. The molecular weight excluding hydrogens is 351 g/mol. The molecule has 2 aromatic rings. The van der Waals surface area contributed by atoms with Crippen molar-refractivity contribution in [2.75, 3.05) is 6.54 Å². The second-order valence-corrected chi connectivity index (χ2v) is 7.28. The molecule has 0 aliphatic carbocycles. The van der Waals surface area contributed by atoms with Crippen molar-refractivity contribution >= 4 is 27.3 Å². The summed E-state index contributed by atoms with van der Waals surface area (Å²) in [4.78, 5) is 5.88. The maximum Gasteiger partial charge on any atom is 0.134 e. The average Bonchev–Trinajstić information content (AvgIpc) is 2.83. The molecule has 21 heavy (non-hydrogen) atoms. The second-order valence-electron chi connectivity index (χ2n) is 5.28. The number of hydrogen-bond donors (Lipinski definition) is 1. The molecule has 1 heterocycles. The van der Waals surface area contributed by atoms with Crippen LogP contribution in [0.3, 0.4) is 0 Å². The third-order valence-corrected chi connectivity index (χ3v) is 4.75. The van der Waals surface area contributed by atoms with Gasteiger partial charge in [0.25, 0.3) is 0 Å². The van der Waals surface area contributed by atoms with Crippen LogP contribution in [0.25, 0.3) is 10.6 Å². The van der Waals surface area contributed by atoms with Crippen molar-refractivity contribution in [1.82, 2.24) is 10.3 Å². The van der Waals surface area contributed by atoms with Crippen LogP contribution in [0.2, 0.25) is 0 Å². The fourth-order valence-corrected chi connectivity index (χ4v) is 3.64. The molecule has 1 N–H and O–H groups in total. The molecule has 0 radical (unpaired) electrons. The number of aromatic nitrogens is 1. The fourth-order valence-electron chi connectivity index (χ4n) is 2.10. The van der Waals surface area contributed by atoms with E-state index in [0.717, 1.165) is 34.7 Å². The van der Waals surface area contributed by atoms with Gasteiger partial charge in [-0.2, -0.15) is 0 Å². The SMILES string of the molecule is CCCNCc1sc(-c2ccc(Br)cc2F)nc1C(C)C. The number of rotatable bonds is 6. The molecule has 0 amide bonds. The molecule has 2 rings (SSSR count). The Kier molecular flexibility index (Phi) is 5.90. The van der Waals surface area contributed by atoms with Gasteiger partial charge in [-0.25, -0.2) is 9.37 Å². The molecule has 1 aromatic heterocycles. The first kappa shape index (κ1) is 16.6. The molecule has 0 saturated carbocycles. The van der Waals surface area contributed by atoms with Crippen LogP contribution in [0.4, 0.5) is 4.39 Å². The van der Waals surface area contributed by atoms with Crippen molar-refractivity contribution in [2.24, 2.45) is 0 Å². The third-order valence-electron chi connectivity index (χ3n) is 3.15. The molecule has 0 atom stereocenters. The lowest BCUT2D eigenvalue weighted by atomic mass is 10.1. The zero-order valence-electron chi connectivity index (χ0n) is 12.5. The van der Waals surface area contributed by atoms with Gasteiger partial charge in [0.2, 0.25) is 0 Å². The summed E-state index contributed by atoms with van der Waals surface area (Å²) < 4.78 is 14.9. The maximum atomic E-state index is 14.1. The van der Waals surface area contributed by atoms with Crippen LogP contribution >= 0.6 is 27.3 Å². The van der Waals surface area contributed by atoms with Gasteiger partial charge in [0.1, 0.15) is 10.8 Å². The van der Waals surface area contributed by atoms with Gasteiger partial charge in [0, 0.05) is 21.5 Å². The van der Waals surface area contributed by atoms with E-state index in [0.29, 0.717) is 11.5 Å². The largest absolute Gasteiger partial charge is 0.312 e. The molecule has 0 fully saturated rings. The lowest BCUT2D eigenvalue weighted by Crippen LogP contribution is -2.14. The Morgan fingerprint density at radius 3 is 2.76 bits per heavy atom. The molecule has 0 saturated heterocycles. The van der Waals surface area contributed by atoms with E-state index in [-0.39, 0.29) is 5.82 Å². The minimum atomic E-state index is -0.235. The quantitative estimate of drug-likeness (QED) is 0.694. The maximum absolute atomic E-state index is 14.1. The highest BCUT2D eigenvalue weighted by Crippen LogP contribution is 2.33. The normalized spacial score (nSPS) is 11.3. The van der Waals surface area contributed by atoms with Crippen molar-refractivity contribution in [1.29, 1.82) is 0 Å². The summed E-state index contributed by atoms with van der Waals surface area (Å²) >= 11 is 4.87. The van der Waals surface area contributed by atoms with Crippen LogP contribution in [-0.4, -0.2) is 11.5 Å². The summed E-state index contributed by atoms with van der Waals surface area (Å²) in [5.41, 5.74) is 1.65. The summed E-state index contributed by atoms with van der Waals surface area (Å²) in [5, 5.41) is 4.17. The van der Waals surface area contributed by atoms with E-state index in [9.17, 15) is 4.39 Å². The molecular formula is C16H20BrFN2S. The van der Waals surface area contributed by atoms with Gasteiger partial charge in [0.15, 0.2) is 0 Å². The van der Waals surface area contributed by atoms with Crippen molar-refractivity contribution in [3.05, 3.63) is 39.1 Å². The van der Waals surface area contributed by atoms with Crippen LogP contribution in [0.5, 0.6) is 0 Å². The first-order chi connectivity index (χ1) is 10.0. The van der Waals surface area contributed by atoms with Gasteiger partial charge in [-0.05, 0) is 37.1 Å². The van der Waals surface area contributed by atoms with Crippen molar-refractivity contribution in [3.8, 4) is 10.6 Å². The smallest absolute Gasteiger partial charge is 0.134 e. The lowest BCUT2D eigenvalue weighted by Gasteiger charge is -2.05. The Morgan fingerprint density at radius 2 is 2.14 bits per heavy atom. The molecule has 0 aliphatic heterocycles. The highest BCUT2D eigenvalue weighted by Gasteiger charge is 2.17.